The summed E-state index contributed by atoms with van der Waals surface area (Å²) in [6.07, 6.45) is 1.12. The summed E-state index contributed by atoms with van der Waals surface area (Å²) in [6.45, 7) is 4.07. The van der Waals surface area contributed by atoms with Gasteiger partial charge in [0.15, 0.2) is 0 Å². The average Bonchev–Trinajstić information content (AvgIpc) is 3.10. The minimum atomic E-state index is -4.40. The molecule has 1 aromatic heterocycles. The van der Waals surface area contributed by atoms with E-state index in [-0.39, 0.29) is 18.2 Å². The van der Waals surface area contributed by atoms with Gasteiger partial charge in [-0.1, -0.05) is 18.2 Å². The van der Waals surface area contributed by atoms with Crippen LogP contribution in [-0.4, -0.2) is 33.4 Å². The molecule has 1 saturated heterocycles. The van der Waals surface area contributed by atoms with Crippen molar-refractivity contribution >= 4 is 5.91 Å². The Bertz CT molecular complexity index is 769. The number of rotatable bonds is 4. The number of aryl methyl sites for hydroxylation is 1. The van der Waals surface area contributed by atoms with E-state index in [0.717, 1.165) is 37.3 Å². The van der Waals surface area contributed by atoms with Crippen LogP contribution in [0.25, 0.3) is 0 Å². The first-order chi connectivity index (χ1) is 12.4. The van der Waals surface area contributed by atoms with Gasteiger partial charge in [-0.2, -0.15) is 13.2 Å². The second-order valence-corrected chi connectivity index (χ2v) is 6.63. The maximum atomic E-state index is 12.8. The first kappa shape index (κ1) is 18.5. The zero-order valence-electron chi connectivity index (χ0n) is 14.7. The van der Waals surface area contributed by atoms with Crippen LogP contribution in [0.5, 0.6) is 0 Å². The van der Waals surface area contributed by atoms with E-state index in [4.69, 9.17) is 0 Å². The fraction of sp³-hybridized carbons (Fsp3) is 0.474. The highest BCUT2D eigenvalue weighted by molar-refractivity contribution is 5.79. The Morgan fingerprint density at radius 2 is 2.15 bits per heavy atom. The number of aromatic nitrogens is 2. The number of hydrogen-bond donors (Lipinski definition) is 0. The summed E-state index contributed by atoms with van der Waals surface area (Å²) in [5.74, 6) is 1.01. The summed E-state index contributed by atoms with van der Waals surface area (Å²) in [7, 11) is 0. The molecule has 140 valence electrons. The maximum absolute atomic E-state index is 12.8. The molecule has 26 heavy (non-hydrogen) atoms. The molecule has 0 radical (unpaired) electrons. The minimum absolute atomic E-state index is 0.0150. The molecule has 1 amide bonds. The molecule has 0 aliphatic carbocycles. The first-order valence-electron chi connectivity index (χ1n) is 8.83. The van der Waals surface area contributed by atoms with Crippen LogP contribution in [0.4, 0.5) is 13.2 Å². The van der Waals surface area contributed by atoms with Crippen LogP contribution in [0.2, 0.25) is 0 Å². The van der Waals surface area contributed by atoms with Crippen LogP contribution in [0.15, 0.2) is 36.7 Å². The summed E-state index contributed by atoms with van der Waals surface area (Å²) in [4.78, 5) is 18.8. The fourth-order valence-electron chi connectivity index (χ4n) is 3.51. The lowest BCUT2D eigenvalue weighted by atomic mass is 9.96. The highest BCUT2D eigenvalue weighted by atomic mass is 19.4. The number of hydrogen-bond acceptors (Lipinski definition) is 2. The lowest BCUT2D eigenvalue weighted by molar-refractivity contribution is -0.138. The van der Waals surface area contributed by atoms with E-state index in [1.807, 2.05) is 13.1 Å². The predicted molar refractivity (Wildman–Crippen MR) is 91.6 cm³/mol. The van der Waals surface area contributed by atoms with Gasteiger partial charge in [-0.25, -0.2) is 4.98 Å². The molecular formula is C19H22F3N3O. The molecule has 2 heterocycles. The largest absolute Gasteiger partial charge is 0.416 e. The molecule has 0 bridgehead atoms. The molecule has 3 rings (SSSR count). The van der Waals surface area contributed by atoms with Gasteiger partial charge in [-0.05, 0) is 31.4 Å². The van der Waals surface area contributed by atoms with Crippen LogP contribution in [0, 0.1) is 0 Å². The molecule has 0 unspecified atom stereocenters. The van der Waals surface area contributed by atoms with Gasteiger partial charge in [0.25, 0.3) is 0 Å². The monoisotopic (exact) mass is 365 g/mol. The van der Waals surface area contributed by atoms with Gasteiger partial charge in [-0.15, -0.1) is 0 Å². The Kier molecular flexibility index (Phi) is 5.34. The second-order valence-electron chi connectivity index (χ2n) is 6.63. The standard InChI is InChI=1S/C19H22F3N3O/c1-2-24-10-8-23-18(24)15-6-4-9-25(13-15)17(26)12-14-5-3-7-16(11-14)19(20,21)22/h3,5,7-8,10-11,15H,2,4,6,9,12-13H2,1H3/t15-/m0/s1. The summed E-state index contributed by atoms with van der Waals surface area (Å²) >= 11 is 0. The Morgan fingerprint density at radius 3 is 2.88 bits per heavy atom. The molecule has 1 fully saturated rings. The van der Waals surface area contributed by atoms with E-state index in [0.29, 0.717) is 18.7 Å². The minimum Gasteiger partial charge on any atom is -0.342 e. The summed E-state index contributed by atoms with van der Waals surface area (Å²) in [6, 6.07) is 5.00. The zero-order valence-corrected chi connectivity index (χ0v) is 14.7. The van der Waals surface area contributed by atoms with Crippen molar-refractivity contribution in [3.8, 4) is 0 Å². The van der Waals surface area contributed by atoms with Crippen LogP contribution in [-0.2, 0) is 23.9 Å². The Hall–Kier alpha value is -2.31. The molecular weight excluding hydrogens is 343 g/mol. The molecule has 4 nitrogen and oxygen atoms in total. The Morgan fingerprint density at radius 1 is 1.35 bits per heavy atom. The third kappa shape index (κ3) is 4.08. The van der Waals surface area contributed by atoms with Gasteiger partial charge in [0.05, 0.1) is 12.0 Å². The average molecular weight is 365 g/mol. The van der Waals surface area contributed by atoms with Crippen molar-refractivity contribution in [1.82, 2.24) is 14.5 Å². The summed E-state index contributed by atoms with van der Waals surface area (Å²) in [5, 5.41) is 0. The molecule has 1 aromatic carbocycles. The predicted octanol–water partition coefficient (Wildman–Crippen LogP) is 3.87. The van der Waals surface area contributed by atoms with E-state index < -0.39 is 11.7 Å². The lowest BCUT2D eigenvalue weighted by Gasteiger charge is -2.32. The lowest BCUT2D eigenvalue weighted by Crippen LogP contribution is -2.40. The van der Waals surface area contributed by atoms with Gasteiger partial charge in [0, 0.05) is 37.9 Å². The number of halogens is 3. The third-order valence-corrected chi connectivity index (χ3v) is 4.84. The first-order valence-corrected chi connectivity index (χ1v) is 8.83. The number of carbonyl (C=O) groups excluding carboxylic acids is 1. The second kappa shape index (κ2) is 7.51. The van der Waals surface area contributed by atoms with E-state index in [1.165, 1.54) is 6.07 Å². The van der Waals surface area contributed by atoms with Crippen molar-refractivity contribution in [3.05, 3.63) is 53.6 Å². The topological polar surface area (TPSA) is 38.1 Å². The fourth-order valence-corrected chi connectivity index (χ4v) is 3.51. The number of carbonyl (C=O) groups is 1. The van der Waals surface area contributed by atoms with Crippen molar-refractivity contribution in [3.63, 3.8) is 0 Å². The number of benzene rings is 1. The van der Waals surface area contributed by atoms with Crippen molar-refractivity contribution in [2.75, 3.05) is 13.1 Å². The SMILES string of the molecule is CCn1ccnc1[C@H]1CCCN(C(=O)Cc2cccc(C(F)(F)F)c2)C1. The van der Waals surface area contributed by atoms with E-state index in [1.54, 1.807) is 17.2 Å². The molecule has 1 aliphatic heterocycles. The number of imidazole rings is 1. The van der Waals surface area contributed by atoms with Crippen molar-refractivity contribution in [2.45, 2.75) is 44.8 Å². The number of alkyl halides is 3. The molecule has 0 saturated carbocycles. The van der Waals surface area contributed by atoms with Gasteiger partial charge in [-0.3, -0.25) is 4.79 Å². The molecule has 0 spiro atoms. The van der Waals surface area contributed by atoms with E-state index in [9.17, 15) is 18.0 Å². The van der Waals surface area contributed by atoms with E-state index in [2.05, 4.69) is 9.55 Å². The van der Waals surface area contributed by atoms with Crippen LogP contribution in [0.3, 0.4) is 0 Å². The van der Waals surface area contributed by atoms with Gasteiger partial charge in [0.1, 0.15) is 5.82 Å². The number of nitrogens with zero attached hydrogens (tertiary/aromatic N) is 3. The third-order valence-electron chi connectivity index (χ3n) is 4.84. The smallest absolute Gasteiger partial charge is 0.342 e. The Labute approximate surface area is 150 Å². The maximum Gasteiger partial charge on any atom is 0.416 e. The Balaban J connectivity index is 1.68. The molecule has 1 aliphatic rings. The van der Waals surface area contributed by atoms with Crippen LogP contribution in [0.1, 0.15) is 42.6 Å². The van der Waals surface area contributed by atoms with Gasteiger partial charge >= 0.3 is 6.18 Å². The number of likely N-dealkylation sites (tertiary alicyclic amines) is 1. The molecule has 2 aromatic rings. The van der Waals surface area contributed by atoms with Crippen LogP contribution >= 0.6 is 0 Å². The number of amides is 1. The number of piperidine rings is 1. The summed E-state index contributed by atoms with van der Waals surface area (Å²) < 4.78 is 40.6. The van der Waals surface area contributed by atoms with Gasteiger partial charge in [0.2, 0.25) is 5.91 Å². The van der Waals surface area contributed by atoms with Gasteiger partial charge < -0.3 is 9.47 Å². The van der Waals surface area contributed by atoms with Crippen molar-refractivity contribution in [2.24, 2.45) is 0 Å². The van der Waals surface area contributed by atoms with Crippen molar-refractivity contribution < 1.29 is 18.0 Å². The molecule has 7 heteroatoms. The van der Waals surface area contributed by atoms with Crippen molar-refractivity contribution in [1.29, 1.82) is 0 Å². The molecule has 0 N–H and O–H groups in total. The van der Waals surface area contributed by atoms with E-state index >= 15 is 0 Å². The normalized spacial score (nSPS) is 18.2. The highest BCUT2D eigenvalue weighted by Gasteiger charge is 2.31. The zero-order chi connectivity index (χ0) is 18.7. The quantitative estimate of drug-likeness (QED) is 0.825. The molecule has 1 atom stereocenters. The highest BCUT2D eigenvalue weighted by Crippen LogP contribution is 2.30. The van der Waals surface area contributed by atoms with Crippen LogP contribution < -0.4 is 0 Å². The summed E-state index contributed by atoms with van der Waals surface area (Å²) in [5.41, 5.74) is -0.327.